The molecule has 0 fully saturated rings. The molecule has 0 radical (unpaired) electrons. The van der Waals surface area contributed by atoms with E-state index in [1.807, 2.05) is 30.3 Å². The number of hydrogen-bond donors (Lipinski definition) is 1. The van der Waals surface area contributed by atoms with Gasteiger partial charge in [0.2, 0.25) is 5.91 Å². The molecule has 0 spiro atoms. The lowest BCUT2D eigenvalue weighted by molar-refractivity contribution is -0.119. The number of amides is 1. The summed E-state index contributed by atoms with van der Waals surface area (Å²) in [7, 11) is 0. The van der Waals surface area contributed by atoms with E-state index in [0.717, 1.165) is 11.1 Å². The quantitative estimate of drug-likeness (QED) is 0.909. The van der Waals surface area contributed by atoms with E-state index < -0.39 is 0 Å². The Morgan fingerprint density at radius 3 is 2.55 bits per heavy atom. The van der Waals surface area contributed by atoms with Gasteiger partial charge in [-0.2, -0.15) is 0 Å². The van der Waals surface area contributed by atoms with Crippen molar-refractivity contribution in [3.05, 3.63) is 65.5 Å². The smallest absolute Gasteiger partial charge is 0.217 e. The molecule has 4 heteroatoms. The van der Waals surface area contributed by atoms with E-state index in [-0.39, 0.29) is 11.7 Å². The highest BCUT2D eigenvalue weighted by Crippen LogP contribution is 2.14. The summed E-state index contributed by atoms with van der Waals surface area (Å²) in [6, 6.07) is 13.8. The molecule has 0 saturated carbocycles. The van der Waals surface area contributed by atoms with Gasteiger partial charge in [-0.1, -0.05) is 24.3 Å². The van der Waals surface area contributed by atoms with Gasteiger partial charge in [-0.15, -0.1) is 0 Å². The minimum Gasteiger partial charge on any atom is -0.489 e. The maximum Gasteiger partial charge on any atom is 0.217 e. The number of ether oxygens (including phenoxy) is 1. The van der Waals surface area contributed by atoms with E-state index in [2.05, 4.69) is 5.32 Å². The molecule has 0 aliphatic carbocycles. The van der Waals surface area contributed by atoms with Crippen molar-refractivity contribution in [3.8, 4) is 5.75 Å². The molecule has 1 N–H and O–H groups in total. The summed E-state index contributed by atoms with van der Waals surface area (Å²) in [6.45, 7) is 2.30. The fourth-order valence-electron chi connectivity index (χ4n) is 1.72. The molecule has 2 aromatic rings. The molecule has 0 aliphatic heterocycles. The van der Waals surface area contributed by atoms with E-state index in [9.17, 15) is 9.18 Å². The van der Waals surface area contributed by atoms with Crippen LogP contribution in [-0.2, 0) is 17.9 Å². The Labute approximate surface area is 117 Å². The molecular formula is C16H16FNO2. The molecule has 0 heterocycles. The lowest BCUT2D eigenvalue weighted by Gasteiger charge is -2.08. The second kappa shape index (κ2) is 6.70. The zero-order valence-corrected chi connectivity index (χ0v) is 11.2. The highest BCUT2D eigenvalue weighted by Gasteiger charge is 1.99. The van der Waals surface area contributed by atoms with Crippen LogP contribution in [0.4, 0.5) is 4.39 Å². The van der Waals surface area contributed by atoms with Gasteiger partial charge in [0.15, 0.2) is 0 Å². The summed E-state index contributed by atoms with van der Waals surface area (Å²) in [4.78, 5) is 10.8. The second-order valence-corrected chi connectivity index (χ2v) is 4.47. The highest BCUT2D eigenvalue weighted by atomic mass is 19.1. The summed E-state index contributed by atoms with van der Waals surface area (Å²) in [6.07, 6.45) is 0. The third kappa shape index (κ3) is 4.39. The summed E-state index contributed by atoms with van der Waals surface area (Å²) >= 11 is 0. The van der Waals surface area contributed by atoms with Crippen LogP contribution in [0.25, 0.3) is 0 Å². The molecule has 0 saturated heterocycles. The van der Waals surface area contributed by atoms with Gasteiger partial charge in [0, 0.05) is 13.5 Å². The van der Waals surface area contributed by atoms with Crippen molar-refractivity contribution in [3.63, 3.8) is 0 Å². The number of nitrogens with one attached hydrogen (secondary N) is 1. The Balaban J connectivity index is 1.89. The summed E-state index contributed by atoms with van der Waals surface area (Å²) in [5, 5.41) is 2.72. The number of halogens is 1. The topological polar surface area (TPSA) is 38.3 Å². The standard InChI is InChI=1S/C16H16FNO2/c1-12(19)18-10-13-5-7-16(8-6-13)20-11-14-3-2-4-15(17)9-14/h2-9H,10-11H2,1H3,(H,18,19). The van der Waals surface area contributed by atoms with Gasteiger partial charge >= 0.3 is 0 Å². The van der Waals surface area contributed by atoms with Crippen LogP contribution in [0.3, 0.4) is 0 Å². The third-order valence-corrected chi connectivity index (χ3v) is 2.76. The van der Waals surface area contributed by atoms with Crippen LogP contribution in [-0.4, -0.2) is 5.91 Å². The molecule has 3 nitrogen and oxygen atoms in total. The first-order valence-electron chi connectivity index (χ1n) is 6.34. The Morgan fingerprint density at radius 1 is 1.15 bits per heavy atom. The van der Waals surface area contributed by atoms with Crippen LogP contribution in [0.15, 0.2) is 48.5 Å². The van der Waals surface area contributed by atoms with Gasteiger partial charge in [-0.3, -0.25) is 4.79 Å². The normalized spacial score (nSPS) is 10.1. The van der Waals surface area contributed by atoms with Gasteiger partial charge in [0.05, 0.1) is 0 Å². The first-order chi connectivity index (χ1) is 9.63. The summed E-state index contributed by atoms with van der Waals surface area (Å²) < 4.78 is 18.6. The predicted molar refractivity (Wildman–Crippen MR) is 74.7 cm³/mol. The number of carbonyl (C=O) groups is 1. The molecule has 0 aliphatic rings. The van der Waals surface area contributed by atoms with E-state index >= 15 is 0 Å². The first-order valence-corrected chi connectivity index (χ1v) is 6.34. The van der Waals surface area contributed by atoms with Crippen LogP contribution < -0.4 is 10.1 Å². The largest absolute Gasteiger partial charge is 0.489 e. The molecule has 2 rings (SSSR count). The average molecular weight is 273 g/mol. The van der Waals surface area contributed by atoms with Crippen LogP contribution in [0, 0.1) is 5.82 Å². The SMILES string of the molecule is CC(=O)NCc1ccc(OCc2cccc(F)c2)cc1. The minimum atomic E-state index is -0.267. The molecule has 2 aromatic carbocycles. The first kappa shape index (κ1) is 14.1. The van der Waals surface area contributed by atoms with Crippen molar-refractivity contribution in [2.24, 2.45) is 0 Å². The third-order valence-electron chi connectivity index (χ3n) is 2.76. The van der Waals surface area contributed by atoms with Crippen LogP contribution in [0.5, 0.6) is 5.75 Å². The van der Waals surface area contributed by atoms with Crippen LogP contribution in [0.1, 0.15) is 18.1 Å². The zero-order valence-electron chi connectivity index (χ0n) is 11.2. The van der Waals surface area contributed by atoms with E-state index in [1.165, 1.54) is 19.1 Å². The minimum absolute atomic E-state index is 0.0589. The van der Waals surface area contributed by atoms with Gasteiger partial charge in [0.1, 0.15) is 18.2 Å². The van der Waals surface area contributed by atoms with Gasteiger partial charge in [-0.25, -0.2) is 4.39 Å². The van der Waals surface area contributed by atoms with Crippen molar-refractivity contribution in [2.45, 2.75) is 20.1 Å². The molecular weight excluding hydrogens is 257 g/mol. The fraction of sp³-hybridized carbons (Fsp3) is 0.188. The van der Waals surface area contributed by atoms with Crippen molar-refractivity contribution in [1.29, 1.82) is 0 Å². The Morgan fingerprint density at radius 2 is 1.90 bits per heavy atom. The zero-order chi connectivity index (χ0) is 14.4. The van der Waals surface area contributed by atoms with Gasteiger partial charge in [0.25, 0.3) is 0 Å². The predicted octanol–water partition coefficient (Wildman–Crippen LogP) is 3.04. The Kier molecular flexibility index (Phi) is 4.71. The van der Waals surface area contributed by atoms with Crippen molar-refractivity contribution >= 4 is 5.91 Å². The maximum atomic E-state index is 13.0. The second-order valence-electron chi connectivity index (χ2n) is 4.47. The van der Waals surface area contributed by atoms with Gasteiger partial charge in [-0.05, 0) is 35.4 Å². The summed E-state index contributed by atoms with van der Waals surface area (Å²) in [5.41, 5.74) is 1.78. The highest BCUT2D eigenvalue weighted by molar-refractivity contribution is 5.72. The van der Waals surface area contributed by atoms with Gasteiger partial charge < -0.3 is 10.1 Å². The molecule has 0 aromatic heterocycles. The molecule has 104 valence electrons. The van der Waals surface area contributed by atoms with E-state index in [4.69, 9.17) is 4.74 Å². The van der Waals surface area contributed by atoms with Crippen LogP contribution >= 0.6 is 0 Å². The number of rotatable bonds is 5. The number of hydrogen-bond acceptors (Lipinski definition) is 2. The van der Waals surface area contributed by atoms with Crippen molar-refractivity contribution < 1.29 is 13.9 Å². The molecule has 0 bridgehead atoms. The van der Waals surface area contributed by atoms with Crippen molar-refractivity contribution in [1.82, 2.24) is 5.32 Å². The number of carbonyl (C=O) groups excluding carboxylic acids is 1. The Hall–Kier alpha value is -2.36. The fourth-order valence-corrected chi connectivity index (χ4v) is 1.72. The monoisotopic (exact) mass is 273 g/mol. The van der Waals surface area contributed by atoms with E-state index in [1.54, 1.807) is 6.07 Å². The average Bonchev–Trinajstić information content (AvgIpc) is 2.44. The summed E-state index contributed by atoms with van der Waals surface area (Å²) in [5.74, 6) is 0.383. The lowest BCUT2D eigenvalue weighted by Crippen LogP contribution is -2.18. The Bertz CT molecular complexity index is 581. The maximum absolute atomic E-state index is 13.0. The molecule has 0 atom stereocenters. The van der Waals surface area contributed by atoms with Crippen molar-refractivity contribution in [2.75, 3.05) is 0 Å². The molecule has 0 unspecified atom stereocenters. The molecule has 20 heavy (non-hydrogen) atoms. The van der Waals surface area contributed by atoms with E-state index in [0.29, 0.717) is 18.9 Å². The van der Waals surface area contributed by atoms with Crippen LogP contribution in [0.2, 0.25) is 0 Å². The lowest BCUT2D eigenvalue weighted by atomic mass is 10.2. The number of benzene rings is 2. The molecule has 1 amide bonds.